The molecular weight excluding hydrogens is 324 g/mol. The van der Waals surface area contributed by atoms with Gasteiger partial charge in [-0.1, -0.05) is 6.07 Å². The van der Waals surface area contributed by atoms with Crippen LogP contribution in [-0.4, -0.2) is 55.0 Å². The van der Waals surface area contributed by atoms with Gasteiger partial charge in [-0.3, -0.25) is 9.69 Å². The zero-order valence-electron chi connectivity index (χ0n) is 14.8. The highest BCUT2D eigenvalue weighted by Gasteiger charge is 2.31. The van der Waals surface area contributed by atoms with Crippen molar-refractivity contribution in [1.29, 1.82) is 0 Å². The predicted octanol–water partition coefficient (Wildman–Crippen LogP) is 2.39. The molecule has 1 N–H and O–H groups in total. The number of hydrogen-bond acceptors (Lipinski definition) is 3. The van der Waals surface area contributed by atoms with Gasteiger partial charge >= 0.3 is 0 Å². The Morgan fingerprint density at radius 2 is 1.92 bits per heavy atom. The largest absolute Gasteiger partial charge is 0.352 e. The first-order chi connectivity index (χ1) is 12.0. The van der Waals surface area contributed by atoms with Gasteiger partial charge in [0, 0.05) is 19.1 Å². The average molecular weight is 351 g/mol. The van der Waals surface area contributed by atoms with E-state index >= 15 is 0 Å². The molecule has 1 atom stereocenters. The van der Waals surface area contributed by atoms with Crippen LogP contribution in [0.15, 0.2) is 18.2 Å². The molecular formula is C19H27F2N3O. The molecule has 0 aromatic heterocycles. The van der Waals surface area contributed by atoms with E-state index in [-0.39, 0.29) is 18.4 Å². The van der Waals surface area contributed by atoms with E-state index in [4.69, 9.17) is 0 Å². The number of benzene rings is 1. The molecule has 1 aromatic carbocycles. The average Bonchev–Trinajstić information content (AvgIpc) is 2.63. The Bertz CT molecular complexity index is 602. The number of likely N-dealkylation sites (tertiary alicyclic amines) is 2. The standard InChI is InChI=1S/C19H27F2N3O/c1-23-9-6-16(7-10-23)24-8-2-3-15(13-24)19(25)22-12-14-4-5-17(20)18(21)11-14/h4-5,11,15-16H,2-3,6-10,12-13H2,1H3,(H,22,25)/t15-/m0/s1. The number of amides is 1. The van der Waals surface area contributed by atoms with Gasteiger partial charge in [-0.25, -0.2) is 8.78 Å². The van der Waals surface area contributed by atoms with E-state index in [9.17, 15) is 13.6 Å². The first kappa shape index (κ1) is 18.3. The van der Waals surface area contributed by atoms with Crippen LogP contribution in [0.3, 0.4) is 0 Å². The van der Waals surface area contributed by atoms with Gasteiger partial charge in [-0.15, -0.1) is 0 Å². The van der Waals surface area contributed by atoms with Crippen LogP contribution in [-0.2, 0) is 11.3 Å². The molecule has 0 aliphatic carbocycles. The Hall–Kier alpha value is -1.53. The van der Waals surface area contributed by atoms with Gasteiger partial charge in [0.2, 0.25) is 5.91 Å². The van der Waals surface area contributed by atoms with Crippen molar-refractivity contribution in [2.45, 2.75) is 38.3 Å². The lowest BCUT2D eigenvalue weighted by atomic mass is 9.93. The monoisotopic (exact) mass is 351 g/mol. The van der Waals surface area contributed by atoms with Crippen molar-refractivity contribution in [1.82, 2.24) is 15.1 Å². The van der Waals surface area contributed by atoms with Gasteiger partial charge in [-0.2, -0.15) is 0 Å². The summed E-state index contributed by atoms with van der Waals surface area (Å²) in [5, 5.41) is 2.88. The summed E-state index contributed by atoms with van der Waals surface area (Å²) < 4.78 is 26.2. The summed E-state index contributed by atoms with van der Waals surface area (Å²) in [6.07, 6.45) is 4.27. The second kappa shape index (κ2) is 8.23. The van der Waals surface area contributed by atoms with Crippen LogP contribution in [0.2, 0.25) is 0 Å². The first-order valence-corrected chi connectivity index (χ1v) is 9.17. The second-order valence-electron chi connectivity index (χ2n) is 7.33. The van der Waals surface area contributed by atoms with Crippen molar-refractivity contribution >= 4 is 5.91 Å². The molecule has 0 radical (unpaired) electrons. The minimum Gasteiger partial charge on any atom is -0.352 e. The molecule has 3 rings (SSSR count). The Morgan fingerprint density at radius 3 is 2.64 bits per heavy atom. The molecule has 0 spiro atoms. The third kappa shape index (κ3) is 4.76. The van der Waals surface area contributed by atoms with Gasteiger partial charge in [0.15, 0.2) is 11.6 Å². The number of nitrogens with zero attached hydrogens (tertiary/aromatic N) is 2. The fourth-order valence-corrected chi connectivity index (χ4v) is 3.90. The van der Waals surface area contributed by atoms with Gasteiger partial charge < -0.3 is 10.2 Å². The quantitative estimate of drug-likeness (QED) is 0.905. The van der Waals surface area contributed by atoms with E-state index < -0.39 is 11.6 Å². The van der Waals surface area contributed by atoms with Crippen LogP contribution < -0.4 is 5.32 Å². The Balaban J connectivity index is 1.50. The van der Waals surface area contributed by atoms with Crippen molar-refractivity contribution in [2.24, 2.45) is 5.92 Å². The maximum absolute atomic E-state index is 13.2. The third-order valence-corrected chi connectivity index (χ3v) is 5.48. The minimum absolute atomic E-state index is 0.0151. The number of nitrogens with one attached hydrogen (secondary N) is 1. The van der Waals surface area contributed by atoms with Crippen LogP contribution in [0.4, 0.5) is 8.78 Å². The van der Waals surface area contributed by atoms with Crippen LogP contribution in [0.1, 0.15) is 31.2 Å². The molecule has 4 nitrogen and oxygen atoms in total. The zero-order valence-corrected chi connectivity index (χ0v) is 14.8. The fourth-order valence-electron chi connectivity index (χ4n) is 3.90. The van der Waals surface area contributed by atoms with E-state index in [2.05, 4.69) is 22.2 Å². The van der Waals surface area contributed by atoms with Gasteiger partial charge in [0.25, 0.3) is 0 Å². The molecule has 2 fully saturated rings. The fraction of sp³-hybridized carbons (Fsp3) is 0.632. The maximum Gasteiger partial charge on any atom is 0.224 e. The summed E-state index contributed by atoms with van der Waals surface area (Å²) in [7, 11) is 2.15. The van der Waals surface area contributed by atoms with E-state index in [0.29, 0.717) is 11.6 Å². The summed E-state index contributed by atoms with van der Waals surface area (Å²) in [5.41, 5.74) is 0.579. The normalized spacial score (nSPS) is 23.6. The van der Waals surface area contributed by atoms with Crippen molar-refractivity contribution in [2.75, 3.05) is 33.2 Å². The highest BCUT2D eigenvalue weighted by atomic mass is 19.2. The van der Waals surface area contributed by atoms with Crippen LogP contribution in [0.25, 0.3) is 0 Å². The lowest BCUT2D eigenvalue weighted by Crippen LogP contribution is -2.50. The molecule has 0 unspecified atom stereocenters. The number of hydrogen-bond donors (Lipinski definition) is 1. The second-order valence-corrected chi connectivity index (χ2v) is 7.33. The number of carbonyl (C=O) groups is 1. The molecule has 2 aliphatic heterocycles. The van der Waals surface area contributed by atoms with Crippen molar-refractivity contribution in [3.8, 4) is 0 Å². The molecule has 1 aromatic rings. The Morgan fingerprint density at radius 1 is 1.16 bits per heavy atom. The lowest BCUT2D eigenvalue weighted by molar-refractivity contribution is -0.127. The summed E-state index contributed by atoms with van der Waals surface area (Å²) in [4.78, 5) is 17.3. The number of carbonyl (C=O) groups excluding carboxylic acids is 1. The van der Waals surface area contributed by atoms with Gasteiger partial charge in [0.1, 0.15) is 0 Å². The van der Waals surface area contributed by atoms with E-state index in [0.717, 1.165) is 51.2 Å². The molecule has 138 valence electrons. The number of piperidine rings is 2. The Labute approximate surface area is 148 Å². The smallest absolute Gasteiger partial charge is 0.224 e. The summed E-state index contributed by atoms with van der Waals surface area (Å²) in [5.74, 6) is -1.74. The predicted molar refractivity (Wildman–Crippen MR) is 93.0 cm³/mol. The maximum atomic E-state index is 13.2. The SMILES string of the molecule is CN1CCC(N2CCC[C@H](C(=O)NCc3ccc(F)c(F)c3)C2)CC1. The van der Waals surface area contributed by atoms with Crippen molar-refractivity contribution < 1.29 is 13.6 Å². The topological polar surface area (TPSA) is 35.6 Å². The van der Waals surface area contributed by atoms with Gasteiger partial charge in [-0.05, 0) is 70.1 Å². The lowest BCUT2D eigenvalue weighted by Gasteiger charge is -2.41. The highest BCUT2D eigenvalue weighted by Crippen LogP contribution is 2.23. The molecule has 2 saturated heterocycles. The molecule has 25 heavy (non-hydrogen) atoms. The summed E-state index contributed by atoms with van der Waals surface area (Å²) in [6.45, 7) is 4.35. The van der Waals surface area contributed by atoms with Crippen molar-refractivity contribution in [3.05, 3.63) is 35.4 Å². The van der Waals surface area contributed by atoms with Crippen LogP contribution in [0.5, 0.6) is 0 Å². The number of rotatable bonds is 4. The summed E-state index contributed by atoms with van der Waals surface area (Å²) in [6, 6.07) is 4.32. The molecule has 0 bridgehead atoms. The minimum atomic E-state index is -0.877. The van der Waals surface area contributed by atoms with Crippen LogP contribution in [0, 0.1) is 17.6 Å². The van der Waals surface area contributed by atoms with Gasteiger partial charge in [0.05, 0.1) is 5.92 Å². The molecule has 2 aliphatic rings. The van der Waals surface area contributed by atoms with E-state index in [1.807, 2.05) is 0 Å². The van der Waals surface area contributed by atoms with E-state index in [1.165, 1.54) is 18.9 Å². The molecule has 1 amide bonds. The highest BCUT2D eigenvalue weighted by molar-refractivity contribution is 5.79. The third-order valence-electron chi connectivity index (χ3n) is 5.48. The van der Waals surface area contributed by atoms with Crippen LogP contribution >= 0.6 is 0 Å². The van der Waals surface area contributed by atoms with Crippen molar-refractivity contribution in [3.63, 3.8) is 0 Å². The number of halogens is 2. The molecule has 6 heteroatoms. The zero-order chi connectivity index (χ0) is 17.8. The van der Waals surface area contributed by atoms with E-state index in [1.54, 1.807) is 0 Å². The first-order valence-electron chi connectivity index (χ1n) is 9.17. The molecule has 2 heterocycles. The summed E-state index contributed by atoms with van der Waals surface area (Å²) >= 11 is 0. The molecule has 0 saturated carbocycles. The Kier molecular flexibility index (Phi) is 6.02.